The first kappa shape index (κ1) is 17.5. The summed E-state index contributed by atoms with van der Waals surface area (Å²) in [5, 5.41) is 0. The number of alkyl halides is 3. The van der Waals surface area contributed by atoms with Crippen LogP contribution in [0.4, 0.5) is 13.2 Å². The van der Waals surface area contributed by atoms with Crippen molar-refractivity contribution in [2.24, 2.45) is 5.73 Å². The fraction of sp³-hybridized carbons (Fsp3) is 0.125. The number of aromatic nitrogens is 1. The van der Waals surface area contributed by atoms with E-state index in [1.807, 2.05) is 0 Å². The molecule has 3 rings (SSSR count). The second-order valence-corrected chi connectivity index (χ2v) is 5.16. The molecule has 0 aliphatic carbocycles. The lowest BCUT2D eigenvalue weighted by atomic mass is 10.1. The van der Waals surface area contributed by atoms with E-state index in [0.717, 1.165) is 0 Å². The van der Waals surface area contributed by atoms with E-state index in [9.17, 15) is 18.0 Å². The number of hydrogen-bond donors (Lipinski definition) is 2. The Hall–Kier alpha value is -3.27. The summed E-state index contributed by atoms with van der Waals surface area (Å²) in [6.07, 6.45) is -1.09. The smallest absolute Gasteiger partial charge is 0.438 e. The van der Waals surface area contributed by atoms with E-state index in [4.69, 9.17) is 15.3 Å². The molecule has 1 aromatic carbocycles. The van der Waals surface area contributed by atoms with Crippen LogP contribution in [-0.2, 0) is 4.84 Å². The Labute approximate surface area is 145 Å². The Bertz CT molecular complexity index is 837. The van der Waals surface area contributed by atoms with Crippen molar-refractivity contribution in [2.75, 3.05) is 0 Å². The van der Waals surface area contributed by atoms with Gasteiger partial charge in [-0.25, -0.2) is 5.48 Å². The van der Waals surface area contributed by atoms with Crippen LogP contribution in [0.1, 0.15) is 22.0 Å². The third-order valence-corrected chi connectivity index (χ3v) is 3.26. The van der Waals surface area contributed by atoms with E-state index in [1.165, 1.54) is 42.7 Å². The summed E-state index contributed by atoms with van der Waals surface area (Å²) in [5.74, 6) is -0.485. The molecule has 0 bridgehead atoms. The van der Waals surface area contributed by atoms with E-state index < -0.39 is 18.4 Å². The number of hydrogen-bond acceptors (Lipinski definition) is 6. The lowest BCUT2D eigenvalue weighted by molar-refractivity contribution is -0.274. The minimum absolute atomic E-state index is 0.179. The first-order valence-corrected chi connectivity index (χ1v) is 7.22. The van der Waals surface area contributed by atoms with Gasteiger partial charge in [-0.3, -0.25) is 14.6 Å². The molecule has 0 fully saturated rings. The van der Waals surface area contributed by atoms with E-state index >= 15 is 0 Å². The fourth-order valence-corrected chi connectivity index (χ4v) is 2.14. The van der Waals surface area contributed by atoms with Crippen LogP contribution in [0, 0.1) is 0 Å². The third-order valence-electron chi connectivity index (χ3n) is 3.26. The summed E-state index contributed by atoms with van der Waals surface area (Å²) in [4.78, 5) is 20.3. The number of rotatable bonds is 5. The Morgan fingerprint density at radius 2 is 1.92 bits per heavy atom. The molecule has 0 saturated heterocycles. The van der Waals surface area contributed by atoms with Crippen molar-refractivity contribution in [1.82, 2.24) is 10.5 Å². The highest BCUT2D eigenvalue weighted by Crippen LogP contribution is 2.28. The lowest BCUT2D eigenvalue weighted by Gasteiger charge is -2.11. The second kappa shape index (κ2) is 6.92. The number of ether oxygens (including phenoxy) is 2. The van der Waals surface area contributed by atoms with Crippen molar-refractivity contribution in [3.63, 3.8) is 0 Å². The van der Waals surface area contributed by atoms with Crippen LogP contribution in [-0.4, -0.2) is 17.3 Å². The predicted molar refractivity (Wildman–Crippen MR) is 81.6 cm³/mol. The van der Waals surface area contributed by atoms with Gasteiger partial charge in [0, 0.05) is 12.3 Å². The molecule has 1 aromatic heterocycles. The SMILES string of the molecule is NC(=O)c1cncc(OC2=C[C@H](c3ccc(OC(F)(F)F)cc3)ON2)c1. The number of nitrogens with one attached hydrogen (secondary N) is 1. The average molecular weight is 367 g/mol. The van der Waals surface area contributed by atoms with Crippen molar-refractivity contribution in [1.29, 1.82) is 0 Å². The van der Waals surface area contributed by atoms with E-state index in [2.05, 4.69) is 15.2 Å². The molecule has 10 heteroatoms. The van der Waals surface area contributed by atoms with Gasteiger partial charge in [-0.05, 0) is 23.8 Å². The van der Waals surface area contributed by atoms with Crippen LogP contribution >= 0.6 is 0 Å². The van der Waals surface area contributed by atoms with Gasteiger partial charge in [-0.2, -0.15) is 0 Å². The number of amides is 1. The highest BCUT2D eigenvalue weighted by Gasteiger charge is 2.31. The normalized spacial score (nSPS) is 16.6. The average Bonchev–Trinajstić information content (AvgIpc) is 3.03. The van der Waals surface area contributed by atoms with Crippen LogP contribution < -0.4 is 20.7 Å². The number of halogens is 3. The maximum Gasteiger partial charge on any atom is 0.573 e. The summed E-state index contributed by atoms with van der Waals surface area (Å²) < 4.78 is 45.8. The summed E-state index contributed by atoms with van der Waals surface area (Å²) in [6, 6.07) is 6.64. The van der Waals surface area contributed by atoms with Gasteiger partial charge in [0.15, 0.2) is 0 Å². The molecule has 2 heterocycles. The molecular formula is C16H12F3N3O4. The third kappa shape index (κ3) is 4.42. The number of benzene rings is 1. The highest BCUT2D eigenvalue weighted by atomic mass is 19.4. The Morgan fingerprint density at radius 1 is 1.19 bits per heavy atom. The number of carbonyl (C=O) groups excluding carboxylic acids is 1. The van der Waals surface area contributed by atoms with Gasteiger partial charge in [0.2, 0.25) is 11.8 Å². The second-order valence-electron chi connectivity index (χ2n) is 5.16. The van der Waals surface area contributed by atoms with Gasteiger partial charge in [0.25, 0.3) is 0 Å². The Kier molecular flexibility index (Phi) is 4.67. The number of carbonyl (C=O) groups is 1. The summed E-state index contributed by atoms with van der Waals surface area (Å²) in [6.45, 7) is 0. The first-order valence-electron chi connectivity index (χ1n) is 7.22. The van der Waals surface area contributed by atoms with Crippen LogP contribution in [0.2, 0.25) is 0 Å². The molecule has 3 N–H and O–H groups in total. The summed E-state index contributed by atoms with van der Waals surface area (Å²) in [7, 11) is 0. The number of primary amides is 1. The summed E-state index contributed by atoms with van der Waals surface area (Å²) in [5.41, 5.74) is 8.47. The van der Waals surface area contributed by atoms with Crippen LogP contribution in [0.5, 0.6) is 11.5 Å². The highest BCUT2D eigenvalue weighted by molar-refractivity contribution is 5.92. The predicted octanol–water partition coefficient (Wildman–Crippen LogP) is 2.58. The minimum Gasteiger partial charge on any atom is -0.438 e. The van der Waals surface area contributed by atoms with E-state index in [0.29, 0.717) is 5.56 Å². The maximum atomic E-state index is 12.2. The zero-order valence-corrected chi connectivity index (χ0v) is 13.0. The molecule has 1 aliphatic rings. The summed E-state index contributed by atoms with van der Waals surface area (Å²) >= 11 is 0. The molecule has 0 unspecified atom stereocenters. The van der Waals surface area contributed by atoms with Crippen molar-refractivity contribution < 1.29 is 32.3 Å². The molecule has 26 heavy (non-hydrogen) atoms. The van der Waals surface area contributed by atoms with Crippen molar-refractivity contribution in [2.45, 2.75) is 12.5 Å². The monoisotopic (exact) mass is 367 g/mol. The standard InChI is InChI=1S/C16H12F3N3O4/c17-16(18,19)25-11-3-1-9(2-4-11)13-6-14(22-26-13)24-12-5-10(15(20)23)7-21-8-12/h1-8,13,22H,(H2,20,23)/t13-/m1/s1. The maximum absolute atomic E-state index is 12.2. The molecule has 0 radical (unpaired) electrons. The van der Waals surface area contributed by atoms with E-state index in [-0.39, 0.29) is 22.9 Å². The van der Waals surface area contributed by atoms with Gasteiger partial charge >= 0.3 is 6.36 Å². The van der Waals surface area contributed by atoms with Gasteiger partial charge < -0.3 is 15.2 Å². The number of nitrogens with two attached hydrogens (primary N) is 1. The van der Waals surface area contributed by atoms with Gasteiger partial charge in [-0.15, -0.1) is 13.2 Å². The number of nitrogens with zero attached hydrogens (tertiary/aromatic N) is 1. The minimum atomic E-state index is -4.75. The first-order chi connectivity index (χ1) is 12.3. The molecule has 2 aromatic rings. The molecule has 0 saturated carbocycles. The zero-order valence-electron chi connectivity index (χ0n) is 13.0. The van der Waals surface area contributed by atoms with Crippen LogP contribution in [0.3, 0.4) is 0 Å². The van der Waals surface area contributed by atoms with Crippen molar-refractivity contribution >= 4 is 5.91 Å². The molecule has 0 spiro atoms. The molecule has 1 aliphatic heterocycles. The molecular weight excluding hydrogens is 355 g/mol. The van der Waals surface area contributed by atoms with Crippen LogP contribution in [0.15, 0.2) is 54.7 Å². The fourth-order valence-electron chi connectivity index (χ4n) is 2.14. The van der Waals surface area contributed by atoms with Crippen LogP contribution in [0.25, 0.3) is 0 Å². The van der Waals surface area contributed by atoms with Crippen molar-refractivity contribution in [3.8, 4) is 11.5 Å². The van der Waals surface area contributed by atoms with E-state index in [1.54, 1.807) is 6.08 Å². The van der Waals surface area contributed by atoms with Gasteiger partial charge in [-0.1, -0.05) is 12.1 Å². The number of pyridine rings is 1. The topological polar surface area (TPSA) is 95.7 Å². The lowest BCUT2D eigenvalue weighted by Crippen LogP contribution is -2.17. The zero-order chi connectivity index (χ0) is 18.7. The molecule has 1 atom stereocenters. The Morgan fingerprint density at radius 3 is 2.58 bits per heavy atom. The largest absolute Gasteiger partial charge is 0.573 e. The molecule has 7 nitrogen and oxygen atoms in total. The molecule has 136 valence electrons. The van der Waals surface area contributed by atoms with Crippen molar-refractivity contribution in [3.05, 3.63) is 65.8 Å². The van der Waals surface area contributed by atoms with Gasteiger partial charge in [0.1, 0.15) is 17.6 Å². The quantitative estimate of drug-likeness (QED) is 0.843. The Balaban J connectivity index is 1.68. The molecule has 1 amide bonds. The number of hydroxylamine groups is 1. The van der Waals surface area contributed by atoms with Gasteiger partial charge in [0.05, 0.1) is 11.8 Å².